The van der Waals surface area contributed by atoms with Crippen molar-refractivity contribution in [2.75, 3.05) is 11.4 Å². The van der Waals surface area contributed by atoms with Gasteiger partial charge in [0, 0.05) is 39.1 Å². The number of carbonyl (C=O) groups excluding carboxylic acids is 1. The normalized spacial score (nSPS) is 16.8. The zero-order valence-corrected chi connectivity index (χ0v) is 19.6. The van der Waals surface area contributed by atoms with E-state index in [1.54, 1.807) is 20.8 Å². The van der Waals surface area contributed by atoms with Gasteiger partial charge in [0.25, 0.3) is 0 Å². The number of nitrogens with zero attached hydrogens (tertiary/aromatic N) is 3. The molecule has 0 bridgehead atoms. The fraction of sp³-hybridized carbons (Fsp3) is 0.455. The fourth-order valence-electron chi connectivity index (χ4n) is 2.84. The number of halogens is 5. The largest absolute Gasteiger partial charge is 0.416 e. The van der Waals surface area contributed by atoms with Crippen molar-refractivity contribution in [2.24, 2.45) is 0 Å². The summed E-state index contributed by atoms with van der Waals surface area (Å²) in [4.78, 5) is 20.2. The molecular weight excluding hydrogens is 465 g/mol. The summed E-state index contributed by atoms with van der Waals surface area (Å²) in [6, 6.07) is 4.56. The lowest BCUT2D eigenvalue weighted by Crippen LogP contribution is -2.28. The highest BCUT2D eigenvalue weighted by atomic mass is 32.2. The Morgan fingerprint density at radius 2 is 1.61 bits per heavy atom. The fourth-order valence-corrected chi connectivity index (χ4v) is 4.16. The molecule has 5 nitrogen and oxygen atoms in total. The van der Waals surface area contributed by atoms with Crippen molar-refractivity contribution in [2.45, 2.75) is 62.3 Å². The average Bonchev–Trinajstić information content (AvgIpc) is 3.12. The van der Waals surface area contributed by atoms with Crippen LogP contribution in [0.15, 0.2) is 41.6 Å². The summed E-state index contributed by atoms with van der Waals surface area (Å²) >= 11 is 0. The predicted molar refractivity (Wildman–Crippen MR) is 118 cm³/mol. The highest BCUT2D eigenvalue weighted by molar-refractivity contribution is 8.01. The molecule has 1 aromatic carbocycles. The Hall–Kier alpha value is -2.56. The molecule has 0 radical (unpaired) electrons. The summed E-state index contributed by atoms with van der Waals surface area (Å²) in [5.41, 5.74) is -0.314. The molecule has 33 heavy (non-hydrogen) atoms. The summed E-state index contributed by atoms with van der Waals surface area (Å²) in [7, 11) is -2.76. The Morgan fingerprint density at radius 3 is 2.03 bits per heavy atom. The molecule has 1 aliphatic rings. The number of amides is 1. The van der Waals surface area contributed by atoms with Crippen molar-refractivity contribution in [3.63, 3.8) is 0 Å². The van der Waals surface area contributed by atoms with Crippen LogP contribution in [0.1, 0.15) is 51.9 Å². The minimum atomic E-state index is -4.43. The minimum Gasteiger partial charge on any atom is -0.310 e. The third kappa shape index (κ3) is 6.49. The van der Waals surface area contributed by atoms with Crippen LogP contribution in [0.4, 0.5) is 27.6 Å². The Bertz CT molecular complexity index is 1090. The predicted octanol–water partition coefficient (Wildman–Crippen LogP) is 5.29. The molecular formula is C22H26F5N3O2S. The first kappa shape index (κ1) is 26.7. The maximum Gasteiger partial charge on any atom is 0.416 e. The molecule has 182 valence electrons. The van der Waals surface area contributed by atoms with Crippen LogP contribution in [0.3, 0.4) is 0 Å². The molecule has 3 rings (SSSR count). The number of anilines is 1. The molecule has 0 aliphatic carbocycles. The molecule has 1 unspecified atom stereocenters. The van der Waals surface area contributed by atoms with Crippen LogP contribution in [0, 0.1) is 0 Å². The third-order valence-electron chi connectivity index (χ3n) is 4.95. The monoisotopic (exact) mass is 491 g/mol. The first-order chi connectivity index (χ1) is 14.9. The second kappa shape index (κ2) is 9.36. The number of hydrogen-bond acceptors (Lipinski definition) is 4. The molecule has 1 aromatic heterocycles. The quantitative estimate of drug-likeness (QED) is 0.432. The molecule has 0 saturated carbocycles. The summed E-state index contributed by atoms with van der Waals surface area (Å²) in [6.45, 7) is 6.43. The molecule has 1 amide bonds. The van der Waals surface area contributed by atoms with Crippen LogP contribution in [-0.4, -0.2) is 37.2 Å². The van der Waals surface area contributed by atoms with E-state index in [0.717, 1.165) is 25.5 Å². The van der Waals surface area contributed by atoms with Crippen LogP contribution in [0.5, 0.6) is 0 Å². The van der Waals surface area contributed by atoms with Crippen molar-refractivity contribution in [1.29, 1.82) is 0 Å². The molecule has 1 fully saturated rings. The van der Waals surface area contributed by atoms with E-state index in [2.05, 4.69) is 15.8 Å². The van der Waals surface area contributed by atoms with E-state index in [4.69, 9.17) is 0 Å². The first-order valence-corrected chi connectivity index (χ1v) is 11.7. The van der Waals surface area contributed by atoms with Gasteiger partial charge in [-0.3, -0.25) is 9.00 Å². The smallest absolute Gasteiger partial charge is 0.310 e. The summed E-state index contributed by atoms with van der Waals surface area (Å²) in [6.07, 6.45) is -0.619. The van der Waals surface area contributed by atoms with E-state index in [-0.39, 0.29) is 10.8 Å². The lowest BCUT2D eigenvalue weighted by Gasteiger charge is -2.25. The summed E-state index contributed by atoms with van der Waals surface area (Å²) in [5, 5.41) is 0. The van der Waals surface area contributed by atoms with Gasteiger partial charge in [0.2, 0.25) is 5.91 Å². The lowest BCUT2D eigenvalue weighted by molar-refractivity contribution is -0.137. The number of alkyl halides is 5. The zero-order chi connectivity index (χ0) is 25.2. The molecule has 1 saturated heterocycles. The SMILES string of the molecule is C=S(=O)(c1cccc(C(F)(F)F)c1)C(C)(C)C.CC(F)(F)c1ncc(N2CCCC2=O)cn1. The minimum absolute atomic E-state index is 0.0143. The second-order valence-corrected chi connectivity index (χ2v) is 11.7. The zero-order valence-electron chi connectivity index (χ0n) is 18.7. The van der Waals surface area contributed by atoms with Gasteiger partial charge in [-0.25, -0.2) is 9.97 Å². The van der Waals surface area contributed by atoms with Gasteiger partial charge < -0.3 is 4.90 Å². The Balaban J connectivity index is 0.000000234. The second-order valence-electron chi connectivity index (χ2n) is 8.62. The average molecular weight is 492 g/mol. The van der Waals surface area contributed by atoms with Crippen LogP contribution in [-0.2, 0) is 26.4 Å². The van der Waals surface area contributed by atoms with Crippen molar-refractivity contribution in [1.82, 2.24) is 9.97 Å². The standard InChI is InChI=1S/C12H15F3OS.C10H11F2N3O/c1-11(2,3)17(4,16)10-7-5-6-9(8-10)12(13,14)15;1-10(11,12)9-13-5-7(6-14-9)15-4-2-3-8(15)16/h5-8H,4H2,1-3H3;5-6H,2-4H2,1H3. The molecule has 2 aromatic rings. The summed E-state index contributed by atoms with van der Waals surface area (Å²) in [5.74, 6) is 0.00767. The van der Waals surface area contributed by atoms with Gasteiger partial charge in [-0.2, -0.15) is 22.0 Å². The Labute approximate surface area is 190 Å². The van der Waals surface area contributed by atoms with Crippen molar-refractivity contribution < 1.29 is 31.0 Å². The van der Waals surface area contributed by atoms with E-state index >= 15 is 0 Å². The van der Waals surface area contributed by atoms with Crippen molar-refractivity contribution >= 4 is 27.0 Å². The highest BCUT2D eigenvalue weighted by Crippen LogP contribution is 2.33. The van der Waals surface area contributed by atoms with Gasteiger partial charge in [-0.15, -0.1) is 0 Å². The molecule has 0 N–H and O–H groups in total. The maximum absolute atomic E-state index is 12.8. The van der Waals surface area contributed by atoms with Gasteiger partial charge in [0.15, 0.2) is 5.82 Å². The first-order valence-electron chi connectivity index (χ1n) is 9.99. The van der Waals surface area contributed by atoms with Crippen LogP contribution in [0.2, 0.25) is 0 Å². The van der Waals surface area contributed by atoms with E-state index in [0.29, 0.717) is 18.7 Å². The molecule has 0 spiro atoms. The van der Waals surface area contributed by atoms with Crippen molar-refractivity contribution in [3.05, 3.63) is 48.0 Å². The number of hydrogen-bond donors (Lipinski definition) is 0. The van der Waals surface area contributed by atoms with E-state index in [1.165, 1.54) is 29.4 Å². The molecule has 2 heterocycles. The van der Waals surface area contributed by atoms with E-state index < -0.39 is 37.8 Å². The highest BCUT2D eigenvalue weighted by Gasteiger charge is 2.33. The van der Waals surface area contributed by atoms with Crippen LogP contribution >= 0.6 is 0 Å². The summed E-state index contributed by atoms with van der Waals surface area (Å²) < 4.78 is 75.0. The van der Waals surface area contributed by atoms with Gasteiger partial charge in [0.1, 0.15) is 0 Å². The number of rotatable bonds is 3. The van der Waals surface area contributed by atoms with Gasteiger partial charge in [-0.1, -0.05) is 6.07 Å². The molecule has 1 aliphatic heterocycles. The maximum atomic E-state index is 12.8. The number of aromatic nitrogens is 2. The Kier molecular flexibility index (Phi) is 7.57. The van der Waals surface area contributed by atoms with Crippen LogP contribution < -0.4 is 4.90 Å². The van der Waals surface area contributed by atoms with Crippen LogP contribution in [0.25, 0.3) is 0 Å². The lowest BCUT2D eigenvalue weighted by atomic mass is 10.2. The van der Waals surface area contributed by atoms with E-state index in [9.17, 15) is 31.0 Å². The molecule has 1 atom stereocenters. The van der Waals surface area contributed by atoms with E-state index in [1.807, 2.05) is 0 Å². The number of carbonyl (C=O) groups is 1. The third-order valence-corrected chi connectivity index (χ3v) is 7.94. The van der Waals surface area contributed by atoms with Gasteiger partial charge in [0.05, 0.1) is 23.6 Å². The topological polar surface area (TPSA) is 63.2 Å². The Morgan fingerprint density at radius 1 is 1.03 bits per heavy atom. The number of benzene rings is 1. The molecule has 11 heteroatoms. The van der Waals surface area contributed by atoms with Gasteiger partial charge >= 0.3 is 12.1 Å². The van der Waals surface area contributed by atoms with Crippen molar-refractivity contribution in [3.8, 4) is 0 Å². The van der Waals surface area contributed by atoms with Gasteiger partial charge in [-0.05, 0) is 51.3 Å².